The van der Waals surface area contributed by atoms with Crippen LogP contribution in [0.4, 0.5) is 0 Å². The minimum absolute atomic E-state index is 0.646. The second kappa shape index (κ2) is 5.22. The normalized spacial score (nSPS) is 11.2. The average molecular weight is 319 g/mol. The summed E-state index contributed by atoms with van der Waals surface area (Å²) < 4.78 is 6.32. The standard InChI is InChI=1S/C23H13NO/c24-14-15-9-11-16(12-10-15)23-22-18-6-2-1-5-17(18)13-20(22)19-7-3-4-8-21(19)25-23/h1-13H. The summed E-state index contributed by atoms with van der Waals surface area (Å²) in [5.74, 6) is 0.847. The van der Waals surface area contributed by atoms with Crippen LogP contribution in [0.1, 0.15) is 5.56 Å². The van der Waals surface area contributed by atoms with Crippen molar-refractivity contribution in [2.75, 3.05) is 0 Å². The zero-order chi connectivity index (χ0) is 16.8. The van der Waals surface area contributed by atoms with Gasteiger partial charge in [0.15, 0.2) is 0 Å². The molecule has 0 bridgehead atoms. The highest BCUT2D eigenvalue weighted by atomic mass is 16.3. The van der Waals surface area contributed by atoms with E-state index >= 15 is 0 Å². The van der Waals surface area contributed by atoms with Crippen LogP contribution in [0.5, 0.6) is 0 Å². The van der Waals surface area contributed by atoms with Crippen molar-refractivity contribution in [2.24, 2.45) is 0 Å². The minimum atomic E-state index is 0.646. The quantitative estimate of drug-likeness (QED) is 0.367. The van der Waals surface area contributed by atoms with E-state index in [1.165, 1.54) is 16.3 Å². The van der Waals surface area contributed by atoms with E-state index in [0.717, 1.165) is 27.9 Å². The van der Waals surface area contributed by atoms with E-state index in [4.69, 9.17) is 9.68 Å². The Morgan fingerprint density at radius 3 is 2.28 bits per heavy atom. The van der Waals surface area contributed by atoms with Crippen LogP contribution in [0.3, 0.4) is 0 Å². The Bertz CT molecular complexity index is 1240. The highest BCUT2D eigenvalue weighted by Gasteiger charge is 2.21. The Labute approximate surface area is 144 Å². The molecule has 3 aromatic rings. The number of fused-ring (bicyclic) bond motifs is 5. The molecule has 0 fully saturated rings. The van der Waals surface area contributed by atoms with E-state index in [0.29, 0.717) is 5.56 Å². The van der Waals surface area contributed by atoms with E-state index < -0.39 is 0 Å². The number of rotatable bonds is 1. The van der Waals surface area contributed by atoms with Crippen molar-refractivity contribution >= 4 is 21.7 Å². The van der Waals surface area contributed by atoms with Crippen LogP contribution in [0.2, 0.25) is 0 Å². The monoisotopic (exact) mass is 319 g/mol. The first-order valence-electron chi connectivity index (χ1n) is 8.19. The molecule has 2 heteroatoms. The zero-order valence-corrected chi connectivity index (χ0v) is 13.4. The van der Waals surface area contributed by atoms with Crippen LogP contribution in [-0.4, -0.2) is 0 Å². The predicted molar refractivity (Wildman–Crippen MR) is 100 cm³/mol. The topological polar surface area (TPSA) is 36.9 Å². The van der Waals surface area contributed by atoms with E-state index in [2.05, 4.69) is 42.5 Å². The lowest BCUT2D eigenvalue weighted by molar-refractivity contribution is 0.622. The maximum atomic E-state index is 9.05. The van der Waals surface area contributed by atoms with Gasteiger partial charge >= 0.3 is 0 Å². The van der Waals surface area contributed by atoms with Crippen LogP contribution in [0.25, 0.3) is 44.2 Å². The highest BCUT2D eigenvalue weighted by Crippen LogP contribution is 2.45. The van der Waals surface area contributed by atoms with Crippen molar-refractivity contribution < 1.29 is 4.42 Å². The molecule has 1 heterocycles. The van der Waals surface area contributed by atoms with Gasteiger partial charge in [-0.15, -0.1) is 0 Å². The number of nitriles is 1. The molecule has 0 saturated heterocycles. The Morgan fingerprint density at radius 2 is 1.48 bits per heavy atom. The first kappa shape index (κ1) is 13.8. The number of para-hydroxylation sites is 1. The molecule has 0 unspecified atom stereocenters. The molecule has 116 valence electrons. The highest BCUT2D eigenvalue weighted by molar-refractivity contribution is 6.13. The fourth-order valence-corrected chi connectivity index (χ4v) is 3.52. The van der Waals surface area contributed by atoms with Crippen LogP contribution in [-0.2, 0) is 0 Å². The summed E-state index contributed by atoms with van der Waals surface area (Å²) in [6.07, 6.45) is 0. The van der Waals surface area contributed by atoms with Gasteiger partial charge in [-0.3, -0.25) is 0 Å². The molecule has 0 saturated carbocycles. The van der Waals surface area contributed by atoms with Gasteiger partial charge in [-0.2, -0.15) is 5.26 Å². The first-order valence-corrected chi connectivity index (χ1v) is 8.19. The molecule has 0 amide bonds. The van der Waals surface area contributed by atoms with Crippen LogP contribution < -0.4 is 0 Å². The molecule has 25 heavy (non-hydrogen) atoms. The summed E-state index contributed by atoms with van der Waals surface area (Å²) in [5.41, 5.74) is 4.81. The third kappa shape index (κ3) is 2.03. The zero-order valence-electron chi connectivity index (χ0n) is 13.4. The van der Waals surface area contributed by atoms with Crippen molar-refractivity contribution in [1.29, 1.82) is 5.26 Å². The fourth-order valence-electron chi connectivity index (χ4n) is 3.52. The second-order valence-corrected chi connectivity index (χ2v) is 6.14. The maximum Gasteiger partial charge on any atom is 0.143 e. The maximum absolute atomic E-state index is 9.05. The Kier molecular flexibility index (Phi) is 2.89. The molecule has 1 aliphatic carbocycles. The summed E-state index contributed by atoms with van der Waals surface area (Å²) in [4.78, 5) is 0. The van der Waals surface area contributed by atoms with Crippen molar-refractivity contribution in [1.82, 2.24) is 0 Å². The molecule has 2 nitrogen and oxygen atoms in total. The molecule has 0 radical (unpaired) electrons. The van der Waals surface area contributed by atoms with Gasteiger partial charge in [0.05, 0.1) is 11.6 Å². The average Bonchev–Trinajstić information content (AvgIpc) is 3.07. The van der Waals surface area contributed by atoms with Crippen molar-refractivity contribution in [3.63, 3.8) is 0 Å². The SMILES string of the molecule is N#Cc1ccc(-c2oc3ccccc3c3cc4ccccc4c2-3)cc1. The lowest BCUT2D eigenvalue weighted by atomic mass is 9.98. The van der Waals surface area contributed by atoms with Gasteiger partial charge in [0.25, 0.3) is 0 Å². The molecular weight excluding hydrogens is 306 g/mol. The van der Waals surface area contributed by atoms with Crippen molar-refractivity contribution in [3.05, 3.63) is 84.4 Å². The third-order valence-corrected chi connectivity index (χ3v) is 4.69. The van der Waals surface area contributed by atoms with Gasteiger partial charge in [0.1, 0.15) is 11.3 Å². The summed E-state index contributed by atoms with van der Waals surface area (Å²) in [7, 11) is 0. The summed E-state index contributed by atoms with van der Waals surface area (Å²) >= 11 is 0. The number of nitrogens with zero attached hydrogens (tertiary/aromatic N) is 1. The Morgan fingerprint density at radius 1 is 0.760 bits per heavy atom. The van der Waals surface area contributed by atoms with Crippen molar-refractivity contribution in [3.8, 4) is 28.5 Å². The first-order chi connectivity index (χ1) is 12.3. The van der Waals surface area contributed by atoms with Gasteiger partial charge in [0.2, 0.25) is 0 Å². The summed E-state index contributed by atoms with van der Waals surface area (Å²) in [6.45, 7) is 0. The number of benzene rings is 3. The molecule has 0 N–H and O–H groups in total. The van der Waals surface area contributed by atoms with Gasteiger partial charge in [0, 0.05) is 16.5 Å². The second-order valence-electron chi connectivity index (χ2n) is 6.14. The van der Waals surface area contributed by atoms with Gasteiger partial charge in [-0.1, -0.05) is 42.5 Å². The van der Waals surface area contributed by atoms with Gasteiger partial charge in [-0.25, -0.2) is 0 Å². The fraction of sp³-hybridized carbons (Fsp3) is 0. The molecule has 5 rings (SSSR count). The lowest BCUT2D eigenvalue weighted by Crippen LogP contribution is -1.87. The van der Waals surface area contributed by atoms with Crippen LogP contribution >= 0.6 is 0 Å². The number of hydrogen-bond donors (Lipinski definition) is 0. The molecule has 0 aromatic heterocycles. The van der Waals surface area contributed by atoms with Crippen molar-refractivity contribution in [2.45, 2.75) is 0 Å². The van der Waals surface area contributed by atoms with Crippen LogP contribution in [0.15, 0.2) is 83.3 Å². The Hall–Kier alpha value is -3.57. The van der Waals surface area contributed by atoms with E-state index in [-0.39, 0.29) is 0 Å². The lowest BCUT2D eigenvalue weighted by Gasteiger charge is -2.12. The molecular formula is C23H13NO. The molecule has 3 aromatic carbocycles. The summed E-state index contributed by atoms with van der Waals surface area (Å²) in [5, 5.41) is 12.6. The predicted octanol–water partition coefficient (Wildman–Crippen LogP) is 6.23. The van der Waals surface area contributed by atoms with E-state index in [1.807, 2.05) is 42.5 Å². The molecule has 1 aliphatic heterocycles. The molecule has 2 aliphatic rings. The van der Waals surface area contributed by atoms with Gasteiger partial charge < -0.3 is 4.42 Å². The van der Waals surface area contributed by atoms with E-state index in [9.17, 15) is 0 Å². The third-order valence-electron chi connectivity index (χ3n) is 4.69. The minimum Gasteiger partial charge on any atom is -0.455 e. The summed E-state index contributed by atoms with van der Waals surface area (Å²) in [6, 6.07) is 28.5. The molecule has 0 atom stereocenters. The Balaban J connectivity index is 1.94. The smallest absolute Gasteiger partial charge is 0.143 e. The largest absolute Gasteiger partial charge is 0.455 e. The van der Waals surface area contributed by atoms with Gasteiger partial charge in [-0.05, 0) is 52.7 Å². The number of hydrogen-bond acceptors (Lipinski definition) is 2. The van der Waals surface area contributed by atoms with E-state index in [1.54, 1.807) is 0 Å². The molecule has 0 spiro atoms. The van der Waals surface area contributed by atoms with Crippen LogP contribution in [0, 0.1) is 11.3 Å².